The average molecular weight is 579 g/mol. The molecule has 5 aromatic rings. The number of carbonyl (C=O) groups excluding carboxylic acids is 2. The Morgan fingerprint density at radius 2 is 1.90 bits per heavy atom. The molecule has 0 radical (unpaired) electrons. The van der Waals surface area contributed by atoms with Gasteiger partial charge >= 0.3 is 0 Å². The van der Waals surface area contributed by atoms with Gasteiger partial charge in [0, 0.05) is 48.1 Å². The molecule has 0 bridgehead atoms. The molecule has 2 N–H and O–H groups in total. The molecule has 0 fully saturated rings. The number of nitrogens with zero attached hydrogens (tertiary/aromatic N) is 4. The second kappa shape index (κ2) is 11.3. The minimum Gasteiger partial charge on any atom is -0.334 e. The molecule has 0 aliphatic carbocycles. The molecule has 3 heterocycles. The molecule has 0 spiro atoms. The zero-order valence-electron chi connectivity index (χ0n) is 24.1. The summed E-state index contributed by atoms with van der Waals surface area (Å²) in [6.45, 7) is 8.66. The van der Waals surface area contributed by atoms with Gasteiger partial charge in [0.15, 0.2) is 0 Å². The summed E-state index contributed by atoms with van der Waals surface area (Å²) in [5.41, 5.74) is 6.47. The molecule has 9 heteroatoms. The predicted octanol–water partition coefficient (Wildman–Crippen LogP) is 6.44. The monoisotopic (exact) mass is 578 g/mol. The van der Waals surface area contributed by atoms with Gasteiger partial charge < -0.3 is 19.6 Å². The Morgan fingerprint density at radius 1 is 1.12 bits per heavy atom. The first kappa shape index (κ1) is 28.8. The Balaban J connectivity index is 1.44. The van der Waals surface area contributed by atoms with Crippen molar-refractivity contribution in [2.24, 2.45) is 7.05 Å². The van der Waals surface area contributed by atoms with E-state index in [9.17, 15) is 14.9 Å². The van der Waals surface area contributed by atoms with E-state index in [4.69, 9.17) is 11.6 Å². The summed E-state index contributed by atoms with van der Waals surface area (Å²) < 4.78 is 3.76. The van der Waals surface area contributed by atoms with Crippen LogP contribution in [0.1, 0.15) is 48.0 Å². The van der Waals surface area contributed by atoms with Crippen molar-refractivity contribution in [2.75, 3.05) is 11.9 Å². The van der Waals surface area contributed by atoms with E-state index in [1.807, 2.05) is 68.1 Å². The van der Waals surface area contributed by atoms with Gasteiger partial charge in [-0.05, 0) is 75.7 Å². The molecule has 42 heavy (non-hydrogen) atoms. The Bertz CT molecular complexity index is 1930. The standard InChI is InChI=1S/C33H31ClN6O2/c1-20-16-27-31(36-19-39(27)5)30(34)29(20)23-8-7-15-40-25(23)12-13-26(40)32(42)21-10-11-24(22(17-21)18-35)38-28(41)9-6-14-37-33(2,3)4/h6-13,15-17,19,37H,14H2,1-5H3,(H,38,41)/b9-6+. The first-order valence-electron chi connectivity index (χ1n) is 13.5. The van der Waals surface area contributed by atoms with Crippen LogP contribution in [0.4, 0.5) is 5.69 Å². The van der Waals surface area contributed by atoms with Gasteiger partial charge in [-0.2, -0.15) is 5.26 Å². The van der Waals surface area contributed by atoms with Crippen molar-refractivity contribution in [1.82, 2.24) is 19.3 Å². The molecule has 0 saturated carbocycles. The molecule has 0 aliphatic heterocycles. The number of nitriles is 1. The van der Waals surface area contributed by atoms with Crippen LogP contribution in [0.2, 0.25) is 5.02 Å². The normalized spacial score (nSPS) is 11.8. The fourth-order valence-electron chi connectivity index (χ4n) is 4.95. The Hall–Kier alpha value is -4.71. The van der Waals surface area contributed by atoms with Crippen LogP contribution >= 0.6 is 11.6 Å². The van der Waals surface area contributed by atoms with Crippen LogP contribution in [0.25, 0.3) is 27.7 Å². The van der Waals surface area contributed by atoms with Gasteiger partial charge in [-0.25, -0.2) is 4.98 Å². The number of carbonyl (C=O) groups is 2. The maximum Gasteiger partial charge on any atom is 0.248 e. The van der Waals surface area contributed by atoms with Gasteiger partial charge in [-0.3, -0.25) is 9.59 Å². The largest absolute Gasteiger partial charge is 0.334 e. The van der Waals surface area contributed by atoms with E-state index in [-0.39, 0.29) is 22.8 Å². The summed E-state index contributed by atoms with van der Waals surface area (Å²) >= 11 is 6.88. The molecule has 2 aromatic carbocycles. The smallest absolute Gasteiger partial charge is 0.248 e. The summed E-state index contributed by atoms with van der Waals surface area (Å²) in [6.07, 6.45) is 6.71. The van der Waals surface area contributed by atoms with Crippen molar-refractivity contribution < 1.29 is 9.59 Å². The minimum atomic E-state index is -0.357. The number of fused-ring (bicyclic) bond motifs is 2. The van der Waals surface area contributed by atoms with Gasteiger partial charge in [0.25, 0.3) is 0 Å². The number of aryl methyl sites for hydroxylation is 2. The van der Waals surface area contributed by atoms with E-state index in [0.717, 1.165) is 33.2 Å². The highest BCUT2D eigenvalue weighted by molar-refractivity contribution is 6.38. The van der Waals surface area contributed by atoms with Crippen LogP contribution in [-0.4, -0.2) is 37.7 Å². The molecule has 0 unspecified atom stereocenters. The topological polar surface area (TPSA) is 104 Å². The highest BCUT2D eigenvalue weighted by atomic mass is 35.5. The van der Waals surface area contributed by atoms with Crippen LogP contribution in [0.15, 0.2) is 73.2 Å². The molecule has 0 saturated heterocycles. The fraction of sp³-hybridized carbons (Fsp3) is 0.212. The Morgan fingerprint density at radius 3 is 2.64 bits per heavy atom. The van der Waals surface area contributed by atoms with E-state index in [2.05, 4.69) is 27.8 Å². The van der Waals surface area contributed by atoms with E-state index >= 15 is 0 Å². The highest BCUT2D eigenvalue weighted by Gasteiger charge is 2.20. The van der Waals surface area contributed by atoms with Crippen LogP contribution in [0.5, 0.6) is 0 Å². The molecular weight excluding hydrogens is 548 g/mol. The molecule has 0 atom stereocenters. The number of pyridine rings is 1. The molecule has 8 nitrogen and oxygen atoms in total. The first-order chi connectivity index (χ1) is 20.0. The minimum absolute atomic E-state index is 0.0655. The van der Waals surface area contributed by atoms with Gasteiger partial charge in [0.2, 0.25) is 11.7 Å². The average Bonchev–Trinajstić information content (AvgIpc) is 3.54. The third kappa shape index (κ3) is 5.57. The predicted molar refractivity (Wildman–Crippen MR) is 167 cm³/mol. The number of amides is 1. The lowest BCUT2D eigenvalue weighted by molar-refractivity contribution is -0.111. The van der Waals surface area contributed by atoms with E-state index in [1.54, 1.807) is 30.6 Å². The van der Waals surface area contributed by atoms with E-state index in [0.29, 0.717) is 28.5 Å². The zero-order chi connectivity index (χ0) is 30.2. The third-order valence-corrected chi connectivity index (χ3v) is 7.40. The molecule has 0 aliphatic rings. The Labute approximate surface area is 249 Å². The van der Waals surface area contributed by atoms with Crippen LogP contribution in [-0.2, 0) is 11.8 Å². The number of imidazole rings is 1. The summed E-state index contributed by atoms with van der Waals surface area (Å²) in [7, 11) is 1.93. The first-order valence-corrected chi connectivity index (χ1v) is 13.9. The van der Waals surface area contributed by atoms with Crippen LogP contribution in [0, 0.1) is 18.3 Å². The van der Waals surface area contributed by atoms with Gasteiger partial charge in [0.05, 0.1) is 39.3 Å². The van der Waals surface area contributed by atoms with E-state index in [1.165, 1.54) is 12.1 Å². The number of anilines is 1. The van der Waals surface area contributed by atoms with E-state index < -0.39 is 0 Å². The zero-order valence-corrected chi connectivity index (χ0v) is 24.9. The number of nitrogens with one attached hydrogen (secondary N) is 2. The maximum absolute atomic E-state index is 13.7. The lowest BCUT2D eigenvalue weighted by Gasteiger charge is -2.18. The van der Waals surface area contributed by atoms with Crippen molar-refractivity contribution in [2.45, 2.75) is 33.2 Å². The molecule has 5 rings (SSSR count). The molecular formula is C33H31ClN6O2. The number of ketones is 1. The summed E-state index contributed by atoms with van der Waals surface area (Å²) in [4.78, 5) is 30.5. The van der Waals surface area contributed by atoms with Crippen molar-refractivity contribution in [3.05, 3.63) is 101 Å². The number of hydrogen-bond acceptors (Lipinski definition) is 5. The summed E-state index contributed by atoms with van der Waals surface area (Å²) in [5, 5.41) is 16.3. The SMILES string of the molecule is Cc1cc2c(ncn2C)c(Cl)c1-c1cccn2c(C(=O)c3ccc(NC(=O)/C=C/CNC(C)(C)C)c(C#N)c3)ccc12. The quantitative estimate of drug-likeness (QED) is 0.171. The second-order valence-electron chi connectivity index (χ2n) is 11.2. The van der Waals surface area contributed by atoms with Crippen molar-refractivity contribution in [3.63, 3.8) is 0 Å². The lowest BCUT2D eigenvalue weighted by atomic mass is 9.99. The summed E-state index contributed by atoms with van der Waals surface area (Å²) in [6, 6.07) is 16.4. The molecule has 3 aromatic heterocycles. The van der Waals surface area contributed by atoms with Crippen molar-refractivity contribution >= 4 is 45.5 Å². The van der Waals surface area contributed by atoms with Gasteiger partial charge in [-0.1, -0.05) is 23.7 Å². The van der Waals surface area contributed by atoms with Crippen LogP contribution < -0.4 is 10.6 Å². The van der Waals surface area contributed by atoms with Gasteiger partial charge in [0.1, 0.15) is 11.6 Å². The van der Waals surface area contributed by atoms with Crippen LogP contribution in [0.3, 0.4) is 0 Å². The number of aromatic nitrogens is 3. The number of hydrogen-bond donors (Lipinski definition) is 2. The molecule has 212 valence electrons. The van der Waals surface area contributed by atoms with Gasteiger partial charge in [-0.15, -0.1) is 0 Å². The number of halogens is 1. The van der Waals surface area contributed by atoms with Crippen molar-refractivity contribution in [3.8, 4) is 17.2 Å². The number of rotatable bonds is 7. The summed E-state index contributed by atoms with van der Waals surface area (Å²) in [5.74, 6) is -0.609. The Kier molecular flexibility index (Phi) is 7.74. The lowest BCUT2D eigenvalue weighted by Crippen LogP contribution is -2.35. The fourth-order valence-corrected chi connectivity index (χ4v) is 5.35. The van der Waals surface area contributed by atoms with Crippen molar-refractivity contribution in [1.29, 1.82) is 5.26 Å². The maximum atomic E-state index is 13.7. The number of benzene rings is 2. The third-order valence-electron chi connectivity index (χ3n) is 7.03. The second-order valence-corrected chi connectivity index (χ2v) is 11.6. The molecule has 1 amide bonds. The highest BCUT2D eigenvalue weighted by Crippen LogP contribution is 2.39.